The summed E-state index contributed by atoms with van der Waals surface area (Å²) in [5.74, 6) is -0.494. The average Bonchev–Trinajstić information content (AvgIpc) is 2.76. The first-order valence-electron chi connectivity index (χ1n) is 9.68. The van der Waals surface area contributed by atoms with Gasteiger partial charge in [0.2, 0.25) is 0 Å². The van der Waals surface area contributed by atoms with E-state index >= 15 is 0 Å². The van der Waals surface area contributed by atoms with E-state index in [1.54, 1.807) is 31.2 Å². The van der Waals surface area contributed by atoms with Crippen molar-refractivity contribution in [1.82, 2.24) is 0 Å². The van der Waals surface area contributed by atoms with E-state index in [2.05, 4.69) is 10.6 Å². The Hall–Kier alpha value is -3.67. The van der Waals surface area contributed by atoms with E-state index in [1.807, 2.05) is 31.2 Å². The van der Waals surface area contributed by atoms with Gasteiger partial charge < -0.3 is 15.4 Å². The molecule has 0 bridgehead atoms. The van der Waals surface area contributed by atoms with Crippen LogP contribution < -0.4 is 15.4 Å². The molecule has 0 aromatic heterocycles. The average molecular weight is 406 g/mol. The number of carbonyl (C=O) groups is 2. The van der Waals surface area contributed by atoms with Gasteiger partial charge in [0, 0.05) is 16.9 Å². The molecule has 0 radical (unpaired) electrons. The Kier molecular flexibility index (Phi) is 6.80. The first-order valence-corrected chi connectivity index (χ1v) is 9.68. The molecule has 30 heavy (non-hydrogen) atoms. The maximum Gasteiger partial charge on any atom is 0.265 e. The van der Waals surface area contributed by atoms with Crippen LogP contribution in [-0.2, 0) is 11.2 Å². The molecule has 2 amide bonds. The van der Waals surface area contributed by atoms with Crippen LogP contribution in [0.5, 0.6) is 5.75 Å². The topological polar surface area (TPSA) is 67.4 Å². The number of anilines is 2. The van der Waals surface area contributed by atoms with Crippen LogP contribution in [0.3, 0.4) is 0 Å². The van der Waals surface area contributed by atoms with E-state index in [-0.39, 0.29) is 17.6 Å². The van der Waals surface area contributed by atoms with Crippen molar-refractivity contribution in [2.45, 2.75) is 26.4 Å². The lowest BCUT2D eigenvalue weighted by molar-refractivity contribution is -0.122. The summed E-state index contributed by atoms with van der Waals surface area (Å²) < 4.78 is 18.6. The van der Waals surface area contributed by atoms with Crippen LogP contribution in [0, 0.1) is 5.82 Å². The standard InChI is InChI=1S/C24H23FN2O3/c1-3-17-6-4-5-7-22(17)27-24(29)18-8-14-21(15-9-18)30-16(2)23(28)26-20-12-10-19(25)11-13-20/h4-16H,3H2,1-2H3,(H,26,28)(H,27,29)/t16-/m0/s1. The van der Waals surface area contributed by atoms with E-state index < -0.39 is 6.10 Å². The van der Waals surface area contributed by atoms with Gasteiger partial charge in [-0.3, -0.25) is 9.59 Å². The Bertz CT molecular complexity index is 1020. The molecule has 6 heteroatoms. The first kappa shape index (κ1) is 21.0. The third-order valence-corrected chi connectivity index (χ3v) is 4.56. The first-order chi connectivity index (χ1) is 14.5. The zero-order valence-corrected chi connectivity index (χ0v) is 16.8. The van der Waals surface area contributed by atoms with Crippen LogP contribution in [0.25, 0.3) is 0 Å². The molecule has 154 valence electrons. The Morgan fingerprint density at radius 2 is 1.60 bits per heavy atom. The van der Waals surface area contributed by atoms with Crippen molar-refractivity contribution in [3.63, 3.8) is 0 Å². The highest BCUT2D eigenvalue weighted by Crippen LogP contribution is 2.19. The Labute approximate surface area is 174 Å². The van der Waals surface area contributed by atoms with Crippen LogP contribution in [0.15, 0.2) is 72.8 Å². The minimum absolute atomic E-state index is 0.218. The molecule has 3 aromatic carbocycles. The number of ether oxygens (including phenoxy) is 1. The Morgan fingerprint density at radius 1 is 0.933 bits per heavy atom. The van der Waals surface area contributed by atoms with Gasteiger partial charge in [-0.25, -0.2) is 4.39 Å². The van der Waals surface area contributed by atoms with Gasteiger partial charge in [0.25, 0.3) is 11.8 Å². The van der Waals surface area contributed by atoms with Gasteiger partial charge in [0.05, 0.1) is 0 Å². The van der Waals surface area contributed by atoms with E-state index in [0.717, 1.165) is 17.7 Å². The molecule has 0 unspecified atom stereocenters. The molecule has 0 heterocycles. The lowest BCUT2D eigenvalue weighted by atomic mass is 10.1. The van der Waals surface area contributed by atoms with Gasteiger partial charge in [0.15, 0.2) is 6.10 Å². The van der Waals surface area contributed by atoms with E-state index in [4.69, 9.17) is 4.74 Å². The van der Waals surface area contributed by atoms with Gasteiger partial charge in [-0.05, 0) is 73.5 Å². The summed E-state index contributed by atoms with van der Waals surface area (Å²) in [6.45, 7) is 3.64. The maximum atomic E-state index is 13.0. The maximum absolute atomic E-state index is 13.0. The van der Waals surface area contributed by atoms with Gasteiger partial charge in [-0.15, -0.1) is 0 Å². The quantitative estimate of drug-likeness (QED) is 0.577. The fourth-order valence-corrected chi connectivity index (χ4v) is 2.86. The lowest BCUT2D eigenvalue weighted by Gasteiger charge is -2.15. The molecule has 0 aliphatic heterocycles. The molecule has 5 nitrogen and oxygen atoms in total. The fourth-order valence-electron chi connectivity index (χ4n) is 2.86. The number of carbonyl (C=O) groups excluding carboxylic acids is 2. The predicted molar refractivity (Wildman–Crippen MR) is 115 cm³/mol. The van der Waals surface area contributed by atoms with Crippen molar-refractivity contribution in [2.24, 2.45) is 0 Å². The molecular weight excluding hydrogens is 383 g/mol. The van der Waals surface area contributed by atoms with Crippen LogP contribution in [0.1, 0.15) is 29.8 Å². The molecule has 0 aliphatic rings. The number of hydrogen-bond acceptors (Lipinski definition) is 3. The second kappa shape index (κ2) is 9.69. The number of hydrogen-bond donors (Lipinski definition) is 2. The SMILES string of the molecule is CCc1ccccc1NC(=O)c1ccc(O[C@@H](C)C(=O)Nc2ccc(F)cc2)cc1. The molecule has 0 fully saturated rings. The number of nitrogens with one attached hydrogen (secondary N) is 2. The van der Waals surface area contributed by atoms with Crippen molar-refractivity contribution >= 4 is 23.2 Å². The van der Waals surface area contributed by atoms with Gasteiger partial charge in [0.1, 0.15) is 11.6 Å². The van der Waals surface area contributed by atoms with Crippen molar-refractivity contribution in [1.29, 1.82) is 0 Å². The number of amides is 2. The fraction of sp³-hybridized carbons (Fsp3) is 0.167. The van der Waals surface area contributed by atoms with Crippen LogP contribution in [0.4, 0.5) is 15.8 Å². The third kappa shape index (κ3) is 5.44. The summed E-state index contributed by atoms with van der Waals surface area (Å²) in [7, 11) is 0. The number of aryl methyl sites for hydroxylation is 1. The van der Waals surface area contributed by atoms with E-state index in [1.165, 1.54) is 24.3 Å². The minimum atomic E-state index is -0.772. The smallest absolute Gasteiger partial charge is 0.265 e. The zero-order valence-electron chi connectivity index (χ0n) is 16.8. The third-order valence-electron chi connectivity index (χ3n) is 4.56. The summed E-state index contributed by atoms with van der Waals surface area (Å²) in [5, 5.41) is 5.58. The van der Waals surface area contributed by atoms with Crippen LogP contribution in [0.2, 0.25) is 0 Å². The molecule has 0 saturated heterocycles. The normalized spacial score (nSPS) is 11.4. The van der Waals surface area contributed by atoms with Crippen molar-refractivity contribution in [3.05, 3.63) is 89.7 Å². The van der Waals surface area contributed by atoms with E-state index in [0.29, 0.717) is 17.0 Å². The number of para-hydroxylation sites is 1. The zero-order chi connectivity index (χ0) is 21.5. The number of halogens is 1. The molecule has 0 saturated carbocycles. The molecule has 3 aromatic rings. The molecule has 1 atom stereocenters. The van der Waals surface area contributed by atoms with Gasteiger partial charge >= 0.3 is 0 Å². The molecule has 3 rings (SSSR count). The van der Waals surface area contributed by atoms with Crippen LogP contribution in [-0.4, -0.2) is 17.9 Å². The molecule has 2 N–H and O–H groups in total. The second-order valence-corrected chi connectivity index (χ2v) is 6.75. The minimum Gasteiger partial charge on any atom is -0.481 e. The summed E-state index contributed by atoms with van der Waals surface area (Å²) >= 11 is 0. The van der Waals surface area contributed by atoms with E-state index in [9.17, 15) is 14.0 Å². The lowest BCUT2D eigenvalue weighted by Crippen LogP contribution is -2.30. The summed E-state index contributed by atoms with van der Waals surface area (Å²) in [6, 6.07) is 19.7. The molecular formula is C24H23FN2O3. The molecule has 0 spiro atoms. The second-order valence-electron chi connectivity index (χ2n) is 6.75. The van der Waals surface area contributed by atoms with Gasteiger partial charge in [-0.2, -0.15) is 0 Å². The monoisotopic (exact) mass is 406 g/mol. The largest absolute Gasteiger partial charge is 0.481 e. The highest BCUT2D eigenvalue weighted by atomic mass is 19.1. The highest BCUT2D eigenvalue weighted by molar-refractivity contribution is 6.04. The summed E-state index contributed by atoms with van der Waals surface area (Å²) in [5.41, 5.74) is 2.82. The van der Waals surface area contributed by atoms with Crippen molar-refractivity contribution < 1.29 is 18.7 Å². The highest BCUT2D eigenvalue weighted by Gasteiger charge is 2.15. The Balaban J connectivity index is 1.58. The van der Waals surface area contributed by atoms with Gasteiger partial charge in [-0.1, -0.05) is 25.1 Å². The predicted octanol–water partition coefficient (Wildman–Crippen LogP) is 5.05. The summed E-state index contributed by atoms with van der Waals surface area (Å²) in [4.78, 5) is 24.8. The number of benzene rings is 3. The molecule has 0 aliphatic carbocycles. The Morgan fingerprint density at radius 3 is 2.27 bits per heavy atom. The number of rotatable bonds is 7. The van der Waals surface area contributed by atoms with Crippen LogP contribution >= 0.6 is 0 Å². The summed E-state index contributed by atoms with van der Waals surface area (Å²) in [6.07, 6.45) is 0.0485. The van der Waals surface area contributed by atoms with Crippen molar-refractivity contribution in [3.8, 4) is 5.75 Å². The van der Waals surface area contributed by atoms with Crippen molar-refractivity contribution in [2.75, 3.05) is 10.6 Å².